The van der Waals surface area contributed by atoms with Gasteiger partial charge in [-0.3, -0.25) is 4.79 Å². The van der Waals surface area contributed by atoms with Crippen LogP contribution in [0.25, 0.3) is 5.57 Å². The number of nitrogens with zero attached hydrogens (tertiary/aromatic N) is 1. The zero-order valence-corrected chi connectivity index (χ0v) is 17.8. The van der Waals surface area contributed by atoms with Crippen LogP contribution in [-0.2, 0) is 11.3 Å². The molecular formula is C26H25NO4. The SMILES string of the molecule is COc1ccc(CN2C(=O)C(O)=C(c3ccccc3)C2c2ccc(C)cc2)c(OC)c1. The number of hydrogen-bond acceptors (Lipinski definition) is 4. The van der Waals surface area contributed by atoms with E-state index in [0.717, 1.165) is 22.3 Å². The molecule has 158 valence electrons. The van der Waals surface area contributed by atoms with E-state index in [1.807, 2.05) is 73.7 Å². The number of methoxy groups -OCH3 is 2. The van der Waals surface area contributed by atoms with Crippen LogP contribution in [0.5, 0.6) is 11.5 Å². The quantitative estimate of drug-likeness (QED) is 0.611. The van der Waals surface area contributed by atoms with E-state index in [2.05, 4.69) is 0 Å². The van der Waals surface area contributed by atoms with Crippen LogP contribution in [0, 0.1) is 6.92 Å². The lowest BCUT2D eigenvalue weighted by molar-refractivity contribution is -0.130. The summed E-state index contributed by atoms with van der Waals surface area (Å²) in [6, 6.07) is 22.7. The van der Waals surface area contributed by atoms with Crippen LogP contribution in [-0.4, -0.2) is 30.1 Å². The molecule has 5 nitrogen and oxygen atoms in total. The smallest absolute Gasteiger partial charge is 0.290 e. The third-order valence-electron chi connectivity index (χ3n) is 5.62. The maximum atomic E-state index is 13.2. The summed E-state index contributed by atoms with van der Waals surface area (Å²) in [6.45, 7) is 2.31. The van der Waals surface area contributed by atoms with E-state index in [9.17, 15) is 9.90 Å². The molecule has 0 aliphatic carbocycles. The summed E-state index contributed by atoms with van der Waals surface area (Å²) in [5.41, 5.74) is 4.33. The molecule has 0 spiro atoms. The highest BCUT2D eigenvalue weighted by molar-refractivity contribution is 6.05. The highest BCUT2D eigenvalue weighted by Crippen LogP contribution is 2.44. The van der Waals surface area contributed by atoms with E-state index in [1.54, 1.807) is 25.2 Å². The predicted octanol–water partition coefficient (Wildman–Crippen LogP) is 5.07. The lowest BCUT2D eigenvalue weighted by atomic mass is 9.93. The Hall–Kier alpha value is -3.73. The van der Waals surface area contributed by atoms with E-state index in [4.69, 9.17) is 9.47 Å². The predicted molar refractivity (Wildman–Crippen MR) is 120 cm³/mol. The van der Waals surface area contributed by atoms with Gasteiger partial charge in [0.15, 0.2) is 5.76 Å². The van der Waals surface area contributed by atoms with Gasteiger partial charge >= 0.3 is 0 Å². The Labute approximate surface area is 182 Å². The van der Waals surface area contributed by atoms with Crippen molar-refractivity contribution >= 4 is 11.5 Å². The van der Waals surface area contributed by atoms with Gasteiger partial charge in [0.1, 0.15) is 11.5 Å². The zero-order valence-electron chi connectivity index (χ0n) is 17.8. The fourth-order valence-electron chi connectivity index (χ4n) is 3.99. The van der Waals surface area contributed by atoms with Gasteiger partial charge in [0.05, 0.1) is 26.8 Å². The molecule has 0 saturated carbocycles. The topological polar surface area (TPSA) is 59.0 Å². The van der Waals surface area contributed by atoms with Crippen LogP contribution in [0.15, 0.2) is 78.6 Å². The van der Waals surface area contributed by atoms with Crippen molar-refractivity contribution in [2.45, 2.75) is 19.5 Å². The fraction of sp³-hybridized carbons (Fsp3) is 0.192. The first-order valence-corrected chi connectivity index (χ1v) is 10.1. The Bertz CT molecular complexity index is 1120. The minimum absolute atomic E-state index is 0.218. The van der Waals surface area contributed by atoms with Gasteiger partial charge in [-0.1, -0.05) is 60.2 Å². The van der Waals surface area contributed by atoms with E-state index in [1.165, 1.54) is 0 Å². The molecule has 5 heteroatoms. The maximum Gasteiger partial charge on any atom is 0.290 e. The van der Waals surface area contributed by atoms with Crippen molar-refractivity contribution < 1.29 is 19.4 Å². The van der Waals surface area contributed by atoms with E-state index >= 15 is 0 Å². The molecule has 1 heterocycles. The molecule has 4 rings (SSSR count). The number of carbonyl (C=O) groups is 1. The summed E-state index contributed by atoms with van der Waals surface area (Å²) < 4.78 is 10.8. The zero-order chi connectivity index (χ0) is 22.0. The van der Waals surface area contributed by atoms with Gasteiger partial charge in [0.25, 0.3) is 5.91 Å². The molecule has 0 bridgehead atoms. The summed E-state index contributed by atoms with van der Waals surface area (Å²) in [5, 5.41) is 10.9. The minimum atomic E-state index is -0.415. The molecule has 0 fully saturated rings. The van der Waals surface area contributed by atoms with Crippen molar-refractivity contribution in [2.24, 2.45) is 0 Å². The Balaban J connectivity index is 1.80. The lowest BCUT2D eigenvalue weighted by Crippen LogP contribution is -2.30. The van der Waals surface area contributed by atoms with Crippen LogP contribution < -0.4 is 9.47 Å². The van der Waals surface area contributed by atoms with Gasteiger partial charge in [0.2, 0.25) is 0 Å². The molecule has 1 atom stereocenters. The van der Waals surface area contributed by atoms with Crippen molar-refractivity contribution in [3.8, 4) is 11.5 Å². The van der Waals surface area contributed by atoms with Crippen molar-refractivity contribution in [1.29, 1.82) is 0 Å². The highest BCUT2D eigenvalue weighted by atomic mass is 16.5. The van der Waals surface area contributed by atoms with Crippen molar-refractivity contribution in [3.05, 3.63) is 101 Å². The summed E-state index contributed by atoms with van der Waals surface area (Å²) >= 11 is 0. The van der Waals surface area contributed by atoms with Crippen molar-refractivity contribution in [2.75, 3.05) is 14.2 Å². The number of aliphatic hydroxyl groups is 1. The monoisotopic (exact) mass is 415 g/mol. The maximum absolute atomic E-state index is 13.2. The molecule has 0 aromatic heterocycles. The van der Waals surface area contributed by atoms with Crippen LogP contribution in [0.2, 0.25) is 0 Å². The Morgan fingerprint density at radius 1 is 0.935 bits per heavy atom. The second kappa shape index (κ2) is 8.56. The van der Waals surface area contributed by atoms with Crippen LogP contribution in [0.1, 0.15) is 28.3 Å². The number of aliphatic hydroxyl groups excluding tert-OH is 1. The number of ether oxygens (including phenoxy) is 2. The molecule has 1 amide bonds. The van der Waals surface area contributed by atoms with Gasteiger partial charge in [-0.15, -0.1) is 0 Å². The molecule has 1 aliphatic heterocycles. The molecule has 1 aliphatic rings. The lowest BCUT2D eigenvalue weighted by Gasteiger charge is -2.28. The van der Waals surface area contributed by atoms with Gasteiger partial charge < -0.3 is 19.5 Å². The number of rotatable bonds is 6. The largest absolute Gasteiger partial charge is 0.503 e. The average molecular weight is 415 g/mol. The number of amides is 1. The fourth-order valence-corrected chi connectivity index (χ4v) is 3.99. The van der Waals surface area contributed by atoms with E-state index in [0.29, 0.717) is 17.1 Å². The number of benzene rings is 3. The molecule has 0 radical (unpaired) electrons. The number of carbonyl (C=O) groups excluding carboxylic acids is 1. The van der Waals surface area contributed by atoms with Gasteiger partial charge in [-0.25, -0.2) is 0 Å². The van der Waals surface area contributed by atoms with Crippen LogP contribution >= 0.6 is 0 Å². The summed E-state index contributed by atoms with van der Waals surface area (Å²) in [4.78, 5) is 14.9. The average Bonchev–Trinajstić information content (AvgIpc) is 3.05. The Morgan fingerprint density at radius 2 is 1.65 bits per heavy atom. The Kier molecular flexibility index (Phi) is 5.67. The molecular weight excluding hydrogens is 390 g/mol. The van der Waals surface area contributed by atoms with Gasteiger partial charge in [-0.05, 0) is 30.2 Å². The second-order valence-electron chi connectivity index (χ2n) is 7.55. The standard InChI is InChI=1S/C26H25NO4/c1-17-9-11-19(12-10-17)24-23(18-7-5-4-6-8-18)25(28)26(29)27(24)16-20-13-14-21(30-2)15-22(20)31-3/h4-15,24,28H,16H2,1-3H3. The Morgan fingerprint density at radius 3 is 2.29 bits per heavy atom. The first kappa shape index (κ1) is 20.5. The van der Waals surface area contributed by atoms with E-state index in [-0.39, 0.29) is 12.3 Å². The van der Waals surface area contributed by atoms with Crippen molar-refractivity contribution in [3.63, 3.8) is 0 Å². The molecule has 0 saturated heterocycles. The second-order valence-corrected chi connectivity index (χ2v) is 7.55. The number of aryl methyl sites for hydroxylation is 1. The molecule has 3 aromatic carbocycles. The molecule has 1 N–H and O–H groups in total. The summed E-state index contributed by atoms with van der Waals surface area (Å²) in [6.07, 6.45) is 0. The van der Waals surface area contributed by atoms with E-state index < -0.39 is 11.9 Å². The number of hydrogen-bond donors (Lipinski definition) is 1. The first-order valence-electron chi connectivity index (χ1n) is 10.1. The highest BCUT2D eigenvalue weighted by Gasteiger charge is 2.41. The summed E-state index contributed by atoms with van der Waals surface area (Å²) in [7, 11) is 3.19. The van der Waals surface area contributed by atoms with Crippen LogP contribution in [0.3, 0.4) is 0 Å². The first-order chi connectivity index (χ1) is 15.0. The third-order valence-corrected chi connectivity index (χ3v) is 5.62. The minimum Gasteiger partial charge on any atom is -0.503 e. The third kappa shape index (κ3) is 3.87. The van der Waals surface area contributed by atoms with Gasteiger partial charge in [-0.2, -0.15) is 0 Å². The molecule has 3 aromatic rings. The normalized spacial score (nSPS) is 16.0. The molecule has 31 heavy (non-hydrogen) atoms. The van der Waals surface area contributed by atoms with Crippen molar-refractivity contribution in [1.82, 2.24) is 4.90 Å². The van der Waals surface area contributed by atoms with Crippen LogP contribution in [0.4, 0.5) is 0 Å². The summed E-state index contributed by atoms with van der Waals surface area (Å²) in [5.74, 6) is 0.684. The van der Waals surface area contributed by atoms with Gasteiger partial charge in [0, 0.05) is 17.2 Å². The molecule has 1 unspecified atom stereocenters.